The van der Waals surface area contributed by atoms with Crippen LogP contribution in [0.5, 0.6) is 0 Å². The van der Waals surface area contributed by atoms with Crippen molar-refractivity contribution in [2.45, 2.75) is 13.0 Å². The van der Waals surface area contributed by atoms with Crippen LogP contribution >= 0.6 is 15.9 Å². The summed E-state index contributed by atoms with van der Waals surface area (Å²) in [5, 5.41) is 11.3. The van der Waals surface area contributed by atoms with E-state index in [9.17, 15) is 0 Å². The van der Waals surface area contributed by atoms with Gasteiger partial charge in [-0.2, -0.15) is 0 Å². The molecule has 0 radical (unpaired) electrons. The summed E-state index contributed by atoms with van der Waals surface area (Å²) in [5.74, 6) is 0. The van der Waals surface area contributed by atoms with E-state index < -0.39 is 0 Å². The number of aromatic nitrogens is 5. The third kappa shape index (κ3) is 2.50. The lowest BCUT2D eigenvalue weighted by Crippen LogP contribution is -2.25. The van der Waals surface area contributed by atoms with Gasteiger partial charge in [0.05, 0.1) is 23.6 Å². The maximum absolute atomic E-state index is 4.32. The Kier molecular flexibility index (Phi) is 3.80. The zero-order chi connectivity index (χ0) is 12.3. The van der Waals surface area contributed by atoms with Gasteiger partial charge < -0.3 is 5.32 Å². The number of hydrogen-bond donors (Lipinski definition) is 1. The van der Waals surface area contributed by atoms with Gasteiger partial charge in [0.2, 0.25) is 0 Å². The average Bonchev–Trinajstić information content (AvgIpc) is 2.68. The molecular weight excluding hydrogens is 284 g/mol. The molecule has 0 fully saturated rings. The zero-order valence-electron chi connectivity index (χ0n) is 9.63. The van der Waals surface area contributed by atoms with Crippen LogP contribution in [0, 0.1) is 0 Å². The number of hydrogen-bond acceptors (Lipinski definition) is 5. The van der Waals surface area contributed by atoms with Crippen molar-refractivity contribution in [1.82, 2.24) is 30.3 Å². The van der Waals surface area contributed by atoms with E-state index in [0.29, 0.717) is 0 Å². The van der Waals surface area contributed by atoms with Crippen molar-refractivity contribution in [3.05, 3.63) is 34.6 Å². The minimum atomic E-state index is -0.0666. The van der Waals surface area contributed by atoms with E-state index in [0.717, 1.165) is 22.5 Å². The minimum absolute atomic E-state index is 0.0666. The van der Waals surface area contributed by atoms with Gasteiger partial charge in [-0.15, -0.1) is 5.10 Å². The highest BCUT2D eigenvalue weighted by Gasteiger charge is 2.22. The van der Waals surface area contributed by atoms with Gasteiger partial charge >= 0.3 is 0 Å². The second-order valence-electron chi connectivity index (χ2n) is 3.51. The average molecular weight is 297 g/mol. The quantitative estimate of drug-likeness (QED) is 0.914. The first kappa shape index (κ1) is 12.1. The molecule has 0 aliphatic heterocycles. The molecule has 1 N–H and O–H groups in total. The molecule has 17 heavy (non-hydrogen) atoms. The van der Waals surface area contributed by atoms with Crippen LogP contribution in [0.25, 0.3) is 0 Å². The molecule has 0 aliphatic rings. The van der Waals surface area contributed by atoms with E-state index in [-0.39, 0.29) is 6.04 Å². The van der Waals surface area contributed by atoms with E-state index >= 15 is 0 Å². The number of nitrogens with one attached hydrogen (secondary N) is 1. The Balaban J connectivity index is 2.43. The fourth-order valence-electron chi connectivity index (χ4n) is 1.65. The van der Waals surface area contributed by atoms with E-state index in [4.69, 9.17) is 0 Å². The maximum Gasteiger partial charge on any atom is 0.153 e. The van der Waals surface area contributed by atoms with Crippen molar-refractivity contribution in [3.63, 3.8) is 0 Å². The molecule has 0 spiro atoms. The predicted molar refractivity (Wildman–Crippen MR) is 66.3 cm³/mol. The summed E-state index contributed by atoms with van der Waals surface area (Å²) < 4.78 is 2.45. The minimum Gasteiger partial charge on any atom is -0.304 e. The van der Waals surface area contributed by atoms with Crippen LogP contribution in [0.4, 0.5) is 0 Å². The Bertz CT molecular complexity index is 463. The third-order valence-corrected chi connectivity index (χ3v) is 2.95. The van der Waals surface area contributed by atoms with Crippen LogP contribution < -0.4 is 5.32 Å². The molecule has 0 saturated heterocycles. The molecule has 2 aromatic heterocycles. The van der Waals surface area contributed by atoms with Crippen LogP contribution in [-0.2, 0) is 7.05 Å². The first-order valence-electron chi connectivity index (χ1n) is 5.28. The summed E-state index contributed by atoms with van der Waals surface area (Å²) in [4.78, 5) is 8.41. The van der Waals surface area contributed by atoms with Crippen LogP contribution in [0.2, 0.25) is 0 Å². The molecule has 1 atom stereocenters. The molecule has 2 rings (SSSR count). The standard InChI is InChI=1S/C10H13BrN6/c1-3-13-8(7-6-12-4-5-14-7)9-10(11)15-16-17(9)2/h4-6,8,13H,3H2,1-2H3. The molecule has 2 aromatic rings. The molecule has 2 heterocycles. The molecule has 0 saturated carbocycles. The van der Waals surface area contributed by atoms with Crippen molar-refractivity contribution >= 4 is 15.9 Å². The van der Waals surface area contributed by atoms with Crippen molar-refractivity contribution in [3.8, 4) is 0 Å². The molecule has 0 aromatic carbocycles. The normalized spacial score (nSPS) is 12.6. The van der Waals surface area contributed by atoms with E-state index in [1.165, 1.54) is 0 Å². The van der Waals surface area contributed by atoms with Crippen molar-refractivity contribution < 1.29 is 0 Å². The predicted octanol–water partition coefficient (Wildman–Crippen LogP) is 1.07. The van der Waals surface area contributed by atoms with Crippen molar-refractivity contribution in [2.24, 2.45) is 7.05 Å². The van der Waals surface area contributed by atoms with Gasteiger partial charge in [-0.1, -0.05) is 12.1 Å². The molecule has 0 bridgehead atoms. The fraction of sp³-hybridized carbons (Fsp3) is 0.400. The Morgan fingerprint density at radius 2 is 2.29 bits per heavy atom. The van der Waals surface area contributed by atoms with Crippen LogP contribution in [0.15, 0.2) is 23.2 Å². The molecule has 0 aliphatic carbocycles. The SMILES string of the molecule is CCNC(c1cnccn1)c1c(Br)nnn1C. The summed E-state index contributed by atoms with van der Waals surface area (Å²) in [7, 11) is 1.85. The third-order valence-electron chi connectivity index (χ3n) is 2.39. The summed E-state index contributed by atoms with van der Waals surface area (Å²) in [6.07, 6.45) is 5.08. The molecule has 0 amide bonds. The van der Waals surface area contributed by atoms with Crippen LogP contribution in [-0.4, -0.2) is 31.5 Å². The van der Waals surface area contributed by atoms with Crippen molar-refractivity contribution in [1.29, 1.82) is 0 Å². The fourth-order valence-corrected chi connectivity index (χ4v) is 2.21. The van der Waals surface area contributed by atoms with E-state index in [1.54, 1.807) is 23.3 Å². The van der Waals surface area contributed by atoms with Gasteiger partial charge in [-0.05, 0) is 22.5 Å². The lowest BCUT2D eigenvalue weighted by Gasteiger charge is -2.16. The van der Waals surface area contributed by atoms with Gasteiger partial charge in [0.1, 0.15) is 0 Å². The first-order valence-corrected chi connectivity index (χ1v) is 6.07. The Labute approximate surface area is 108 Å². The summed E-state index contributed by atoms with van der Waals surface area (Å²) >= 11 is 3.40. The Hall–Kier alpha value is -1.34. The lowest BCUT2D eigenvalue weighted by atomic mass is 10.1. The Morgan fingerprint density at radius 3 is 2.82 bits per heavy atom. The van der Waals surface area contributed by atoms with Crippen LogP contribution in [0.3, 0.4) is 0 Å². The second-order valence-corrected chi connectivity index (χ2v) is 4.26. The monoisotopic (exact) mass is 296 g/mol. The van der Waals surface area contributed by atoms with Crippen molar-refractivity contribution in [2.75, 3.05) is 6.54 Å². The highest BCUT2D eigenvalue weighted by Crippen LogP contribution is 2.24. The van der Waals surface area contributed by atoms with Gasteiger partial charge in [-0.3, -0.25) is 9.97 Å². The Morgan fingerprint density at radius 1 is 1.47 bits per heavy atom. The lowest BCUT2D eigenvalue weighted by molar-refractivity contribution is 0.555. The smallest absolute Gasteiger partial charge is 0.153 e. The summed E-state index contributed by atoms with van der Waals surface area (Å²) in [5.41, 5.74) is 1.79. The van der Waals surface area contributed by atoms with Gasteiger partial charge in [0.25, 0.3) is 0 Å². The first-order chi connectivity index (χ1) is 8.24. The van der Waals surface area contributed by atoms with E-state index in [1.807, 2.05) is 14.0 Å². The maximum atomic E-state index is 4.32. The number of nitrogens with zero attached hydrogens (tertiary/aromatic N) is 5. The van der Waals surface area contributed by atoms with Crippen LogP contribution in [0.1, 0.15) is 24.4 Å². The van der Waals surface area contributed by atoms with Gasteiger partial charge in [-0.25, -0.2) is 4.68 Å². The summed E-state index contributed by atoms with van der Waals surface area (Å²) in [6.45, 7) is 2.86. The number of rotatable bonds is 4. The largest absolute Gasteiger partial charge is 0.304 e. The molecule has 6 nitrogen and oxygen atoms in total. The second kappa shape index (κ2) is 5.33. The molecule has 1 unspecified atom stereocenters. The molecular formula is C10H13BrN6. The topological polar surface area (TPSA) is 68.5 Å². The van der Waals surface area contributed by atoms with Gasteiger partial charge in [0, 0.05) is 19.4 Å². The number of aryl methyl sites for hydroxylation is 1. The highest BCUT2D eigenvalue weighted by atomic mass is 79.9. The molecule has 90 valence electrons. The molecule has 7 heteroatoms. The summed E-state index contributed by atoms with van der Waals surface area (Å²) in [6, 6.07) is -0.0666. The van der Waals surface area contributed by atoms with Gasteiger partial charge in [0.15, 0.2) is 4.60 Å². The number of halogens is 1. The zero-order valence-corrected chi connectivity index (χ0v) is 11.2. The van der Waals surface area contributed by atoms with E-state index in [2.05, 4.69) is 41.5 Å². The highest BCUT2D eigenvalue weighted by molar-refractivity contribution is 9.10.